The van der Waals surface area contributed by atoms with E-state index in [4.69, 9.17) is 9.84 Å². The average Bonchev–Trinajstić information content (AvgIpc) is 2.60. The fraction of sp³-hybridized carbons (Fsp3) is 0.353. The zero-order chi connectivity index (χ0) is 16.4. The maximum atomic E-state index is 12.6. The lowest BCUT2D eigenvalue weighted by Gasteiger charge is -2.30. The number of carboxylic acid groups (broad SMARTS) is 1. The Bertz CT molecular complexity index is 759. The van der Waals surface area contributed by atoms with Crippen LogP contribution in [0.5, 0.6) is 5.75 Å². The van der Waals surface area contributed by atoms with Crippen LogP contribution in [0.2, 0.25) is 0 Å². The Labute approximate surface area is 133 Å². The van der Waals surface area contributed by atoms with Gasteiger partial charge in [-0.2, -0.15) is 0 Å². The number of amides is 1. The molecule has 1 aliphatic rings. The van der Waals surface area contributed by atoms with Crippen LogP contribution in [-0.4, -0.2) is 47.1 Å². The van der Waals surface area contributed by atoms with Crippen LogP contribution < -0.4 is 4.74 Å². The van der Waals surface area contributed by atoms with Gasteiger partial charge in [-0.05, 0) is 37.1 Å². The molecule has 6 heteroatoms. The lowest BCUT2D eigenvalue weighted by Crippen LogP contribution is -2.42. The van der Waals surface area contributed by atoms with E-state index in [1.807, 2.05) is 12.1 Å². The first-order valence-corrected chi connectivity index (χ1v) is 7.55. The minimum absolute atomic E-state index is 0.214. The molecule has 1 N–H and O–H groups in total. The summed E-state index contributed by atoms with van der Waals surface area (Å²) in [5.41, 5.74) is 1.05. The number of carbonyl (C=O) groups is 2. The number of benzene rings is 1. The van der Waals surface area contributed by atoms with Gasteiger partial charge in [0, 0.05) is 18.5 Å². The molecule has 0 aliphatic carbocycles. The maximum absolute atomic E-state index is 12.6. The molecule has 1 saturated heterocycles. The van der Waals surface area contributed by atoms with Gasteiger partial charge in [0.25, 0.3) is 5.91 Å². The molecule has 0 unspecified atom stereocenters. The fourth-order valence-corrected chi connectivity index (χ4v) is 2.87. The van der Waals surface area contributed by atoms with Gasteiger partial charge >= 0.3 is 5.97 Å². The summed E-state index contributed by atoms with van der Waals surface area (Å²) in [6.07, 6.45) is 1.32. The molecule has 0 saturated carbocycles. The minimum atomic E-state index is -0.846. The molecule has 1 atom stereocenters. The SMILES string of the molecule is COc1ccc2nc(C(=O)N3CCC[C@@H](C(=O)O)C3)ccc2c1. The largest absolute Gasteiger partial charge is 0.497 e. The first kappa shape index (κ1) is 15.3. The van der Waals surface area contributed by atoms with Gasteiger partial charge in [-0.25, -0.2) is 4.98 Å². The van der Waals surface area contributed by atoms with Crippen LogP contribution in [-0.2, 0) is 4.79 Å². The van der Waals surface area contributed by atoms with E-state index in [0.717, 1.165) is 11.1 Å². The number of aliphatic carboxylic acids is 1. The van der Waals surface area contributed by atoms with Crippen molar-refractivity contribution in [3.63, 3.8) is 0 Å². The number of likely N-dealkylation sites (tertiary alicyclic amines) is 1. The zero-order valence-corrected chi connectivity index (χ0v) is 12.9. The number of methoxy groups -OCH3 is 1. The molecule has 6 nitrogen and oxygen atoms in total. The molecule has 2 aromatic rings. The summed E-state index contributed by atoms with van der Waals surface area (Å²) in [6.45, 7) is 0.821. The Hall–Kier alpha value is -2.63. The van der Waals surface area contributed by atoms with Crippen LogP contribution in [0.15, 0.2) is 30.3 Å². The number of pyridine rings is 1. The van der Waals surface area contributed by atoms with E-state index in [9.17, 15) is 9.59 Å². The number of piperidine rings is 1. The van der Waals surface area contributed by atoms with Crippen molar-refractivity contribution in [2.45, 2.75) is 12.8 Å². The summed E-state index contributed by atoms with van der Waals surface area (Å²) in [5.74, 6) is -0.814. The van der Waals surface area contributed by atoms with Crippen LogP contribution in [0.25, 0.3) is 10.9 Å². The van der Waals surface area contributed by atoms with Crippen LogP contribution in [0, 0.1) is 5.92 Å². The Morgan fingerprint density at radius 1 is 1.30 bits per heavy atom. The third-order valence-corrected chi connectivity index (χ3v) is 4.17. The second-order valence-electron chi connectivity index (χ2n) is 5.68. The van der Waals surface area contributed by atoms with E-state index < -0.39 is 11.9 Å². The summed E-state index contributed by atoms with van der Waals surface area (Å²) in [4.78, 5) is 29.7. The van der Waals surface area contributed by atoms with Crippen molar-refractivity contribution in [3.8, 4) is 5.75 Å². The van der Waals surface area contributed by atoms with Crippen molar-refractivity contribution >= 4 is 22.8 Å². The highest BCUT2D eigenvalue weighted by molar-refractivity contribution is 5.95. The number of fused-ring (bicyclic) bond motifs is 1. The molecule has 3 rings (SSSR count). The Morgan fingerprint density at radius 2 is 2.13 bits per heavy atom. The molecule has 0 spiro atoms. The van der Waals surface area contributed by atoms with Crippen LogP contribution in [0.1, 0.15) is 23.3 Å². The number of rotatable bonds is 3. The Kier molecular flexibility index (Phi) is 4.14. The quantitative estimate of drug-likeness (QED) is 0.939. The van der Waals surface area contributed by atoms with Gasteiger partial charge in [-0.1, -0.05) is 6.07 Å². The molecule has 1 aliphatic heterocycles. The highest BCUT2D eigenvalue weighted by atomic mass is 16.5. The maximum Gasteiger partial charge on any atom is 0.308 e. The number of carbonyl (C=O) groups excluding carboxylic acids is 1. The van der Waals surface area contributed by atoms with Crippen molar-refractivity contribution in [2.24, 2.45) is 5.92 Å². The first-order valence-electron chi connectivity index (χ1n) is 7.55. The minimum Gasteiger partial charge on any atom is -0.497 e. The van der Waals surface area contributed by atoms with Gasteiger partial charge in [0.15, 0.2) is 0 Å². The Morgan fingerprint density at radius 3 is 2.87 bits per heavy atom. The van der Waals surface area contributed by atoms with E-state index in [-0.39, 0.29) is 12.5 Å². The van der Waals surface area contributed by atoms with Crippen molar-refractivity contribution in [2.75, 3.05) is 20.2 Å². The molecule has 23 heavy (non-hydrogen) atoms. The standard InChI is InChI=1S/C17H18N2O4/c1-23-13-5-7-14-11(9-13)4-6-15(18-14)16(20)19-8-2-3-12(10-19)17(21)22/h4-7,9,12H,2-3,8,10H2,1H3,(H,21,22)/t12-/m1/s1. The number of nitrogens with zero attached hydrogens (tertiary/aromatic N) is 2. The number of hydrogen-bond acceptors (Lipinski definition) is 4. The van der Waals surface area contributed by atoms with E-state index in [1.54, 1.807) is 30.2 Å². The van der Waals surface area contributed by atoms with Crippen molar-refractivity contribution in [1.82, 2.24) is 9.88 Å². The second kappa shape index (κ2) is 6.24. The monoisotopic (exact) mass is 314 g/mol. The van der Waals surface area contributed by atoms with Gasteiger partial charge in [-0.15, -0.1) is 0 Å². The molecular formula is C17H18N2O4. The number of aromatic nitrogens is 1. The normalized spacial score (nSPS) is 18.0. The molecular weight excluding hydrogens is 296 g/mol. The summed E-state index contributed by atoms with van der Waals surface area (Å²) in [7, 11) is 1.60. The number of carboxylic acids is 1. The summed E-state index contributed by atoms with van der Waals surface area (Å²) in [5, 5.41) is 10.0. The first-order chi connectivity index (χ1) is 11.1. The van der Waals surface area contributed by atoms with E-state index in [0.29, 0.717) is 30.6 Å². The van der Waals surface area contributed by atoms with E-state index in [1.165, 1.54) is 0 Å². The fourth-order valence-electron chi connectivity index (χ4n) is 2.87. The summed E-state index contributed by atoms with van der Waals surface area (Å²) in [6, 6.07) is 8.97. The second-order valence-corrected chi connectivity index (χ2v) is 5.68. The van der Waals surface area contributed by atoms with Gasteiger partial charge in [0.1, 0.15) is 11.4 Å². The van der Waals surface area contributed by atoms with E-state index >= 15 is 0 Å². The molecule has 1 fully saturated rings. The van der Waals surface area contributed by atoms with Crippen molar-refractivity contribution in [3.05, 3.63) is 36.0 Å². The molecule has 0 radical (unpaired) electrons. The van der Waals surface area contributed by atoms with Gasteiger partial charge in [-0.3, -0.25) is 9.59 Å². The molecule has 1 amide bonds. The smallest absolute Gasteiger partial charge is 0.308 e. The lowest BCUT2D eigenvalue weighted by molar-refractivity contribution is -0.143. The summed E-state index contributed by atoms with van der Waals surface area (Å²) >= 11 is 0. The highest BCUT2D eigenvalue weighted by Crippen LogP contribution is 2.22. The summed E-state index contributed by atoms with van der Waals surface area (Å²) < 4.78 is 5.17. The predicted octanol–water partition coefficient (Wildman–Crippen LogP) is 2.18. The molecule has 2 heterocycles. The predicted molar refractivity (Wildman–Crippen MR) is 84.6 cm³/mol. The van der Waals surface area contributed by atoms with Crippen LogP contribution in [0.3, 0.4) is 0 Å². The molecule has 120 valence electrons. The van der Waals surface area contributed by atoms with Crippen molar-refractivity contribution < 1.29 is 19.4 Å². The highest BCUT2D eigenvalue weighted by Gasteiger charge is 2.29. The lowest BCUT2D eigenvalue weighted by atomic mass is 9.98. The third kappa shape index (κ3) is 3.11. The van der Waals surface area contributed by atoms with Gasteiger partial charge < -0.3 is 14.7 Å². The number of hydrogen-bond donors (Lipinski definition) is 1. The van der Waals surface area contributed by atoms with Gasteiger partial charge in [0.2, 0.25) is 0 Å². The molecule has 0 bridgehead atoms. The van der Waals surface area contributed by atoms with Gasteiger partial charge in [0.05, 0.1) is 18.5 Å². The molecule has 1 aromatic carbocycles. The zero-order valence-electron chi connectivity index (χ0n) is 12.9. The average molecular weight is 314 g/mol. The van der Waals surface area contributed by atoms with Crippen molar-refractivity contribution in [1.29, 1.82) is 0 Å². The van der Waals surface area contributed by atoms with Crippen LogP contribution in [0.4, 0.5) is 0 Å². The number of ether oxygens (including phenoxy) is 1. The Balaban J connectivity index is 1.84. The van der Waals surface area contributed by atoms with Crippen LogP contribution >= 0.6 is 0 Å². The van der Waals surface area contributed by atoms with E-state index in [2.05, 4.69) is 4.98 Å². The third-order valence-electron chi connectivity index (χ3n) is 4.17. The topological polar surface area (TPSA) is 79.7 Å². The molecule has 1 aromatic heterocycles.